The lowest BCUT2D eigenvalue weighted by Crippen LogP contribution is -1.98. The van der Waals surface area contributed by atoms with Gasteiger partial charge in [-0.05, 0) is 12.5 Å². The van der Waals surface area contributed by atoms with Gasteiger partial charge in [0.2, 0.25) is 0 Å². The predicted octanol–water partition coefficient (Wildman–Crippen LogP) is 4.78. The van der Waals surface area contributed by atoms with Crippen molar-refractivity contribution in [2.45, 2.75) is 19.8 Å². The molecule has 120 valence electrons. The van der Waals surface area contributed by atoms with Crippen molar-refractivity contribution in [2.75, 3.05) is 5.32 Å². The van der Waals surface area contributed by atoms with Gasteiger partial charge in [-0.1, -0.05) is 43.7 Å². The van der Waals surface area contributed by atoms with Gasteiger partial charge in [-0.3, -0.25) is 0 Å². The largest absolute Gasteiger partial charge is 0.357 e. The van der Waals surface area contributed by atoms with E-state index < -0.39 is 0 Å². The first kappa shape index (κ1) is 14.8. The molecule has 3 heterocycles. The number of aromatic amines is 1. The molecule has 0 fully saturated rings. The number of aryl methyl sites for hydroxylation is 1. The van der Waals surface area contributed by atoms with Crippen LogP contribution >= 0.6 is 11.3 Å². The average molecular weight is 335 g/mol. The van der Waals surface area contributed by atoms with Crippen molar-refractivity contribution in [3.63, 3.8) is 0 Å². The van der Waals surface area contributed by atoms with E-state index in [4.69, 9.17) is 4.98 Å². The molecular weight excluding hydrogens is 318 g/mol. The summed E-state index contributed by atoms with van der Waals surface area (Å²) in [5.41, 5.74) is 2.77. The molecule has 3 aromatic heterocycles. The summed E-state index contributed by atoms with van der Waals surface area (Å²) >= 11 is 1.67. The highest BCUT2D eigenvalue weighted by Gasteiger charge is 2.12. The summed E-state index contributed by atoms with van der Waals surface area (Å²) < 4.78 is 0. The first-order valence-corrected chi connectivity index (χ1v) is 8.77. The van der Waals surface area contributed by atoms with Crippen LogP contribution in [0, 0.1) is 0 Å². The maximum absolute atomic E-state index is 4.71. The molecule has 4 aromatic rings. The zero-order valence-corrected chi connectivity index (χ0v) is 14.1. The van der Waals surface area contributed by atoms with E-state index >= 15 is 0 Å². The molecule has 0 aliphatic heterocycles. The molecule has 2 N–H and O–H groups in total. The van der Waals surface area contributed by atoms with Gasteiger partial charge < -0.3 is 10.3 Å². The Labute approximate surface area is 143 Å². The molecule has 0 saturated carbocycles. The molecule has 0 bridgehead atoms. The fourth-order valence-electron chi connectivity index (χ4n) is 2.58. The zero-order chi connectivity index (χ0) is 16.4. The number of nitrogens with zero attached hydrogens (tertiary/aromatic N) is 3. The van der Waals surface area contributed by atoms with Gasteiger partial charge in [-0.25, -0.2) is 15.0 Å². The van der Waals surface area contributed by atoms with E-state index in [2.05, 4.69) is 27.2 Å². The number of H-pyrrole nitrogens is 1. The Balaban J connectivity index is 1.74. The van der Waals surface area contributed by atoms with Gasteiger partial charge >= 0.3 is 0 Å². The smallest absolute Gasteiger partial charge is 0.188 e. The molecule has 5 nitrogen and oxygen atoms in total. The van der Waals surface area contributed by atoms with Crippen molar-refractivity contribution >= 4 is 33.3 Å². The summed E-state index contributed by atoms with van der Waals surface area (Å²) in [6.07, 6.45) is 5.98. The first-order valence-electron chi connectivity index (χ1n) is 7.96. The minimum absolute atomic E-state index is 0.704. The van der Waals surface area contributed by atoms with Crippen LogP contribution in [0.4, 0.5) is 10.9 Å². The fraction of sp³-hybridized carbons (Fsp3) is 0.167. The Hall–Kier alpha value is -2.73. The van der Waals surface area contributed by atoms with Gasteiger partial charge in [-0.15, -0.1) is 11.3 Å². The number of benzene rings is 1. The zero-order valence-electron chi connectivity index (χ0n) is 13.3. The van der Waals surface area contributed by atoms with Crippen LogP contribution in [0.15, 0.2) is 48.8 Å². The molecule has 0 aliphatic carbocycles. The number of thiazole rings is 1. The molecule has 0 amide bonds. The van der Waals surface area contributed by atoms with Crippen molar-refractivity contribution in [3.05, 3.63) is 53.7 Å². The number of nitrogens with one attached hydrogen (secondary N) is 2. The molecule has 0 aliphatic rings. The van der Waals surface area contributed by atoms with Gasteiger partial charge in [0.1, 0.15) is 5.52 Å². The number of hydrogen-bond donors (Lipinski definition) is 2. The molecule has 0 unspecified atom stereocenters. The van der Waals surface area contributed by atoms with Crippen LogP contribution < -0.4 is 5.32 Å². The molecule has 0 spiro atoms. The van der Waals surface area contributed by atoms with Crippen LogP contribution in [0.3, 0.4) is 0 Å². The Morgan fingerprint density at radius 2 is 2.00 bits per heavy atom. The van der Waals surface area contributed by atoms with Crippen molar-refractivity contribution < 1.29 is 0 Å². The first-order chi connectivity index (χ1) is 11.8. The molecule has 4 rings (SSSR count). The van der Waals surface area contributed by atoms with Crippen LogP contribution in [0.5, 0.6) is 0 Å². The molecule has 0 saturated heterocycles. The fourth-order valence-corrected chi connectivity index (χ4v) is 3.49. The van der Waals surface area contributed by atoms with Crippen molar-refractivity contribution in [3.8, 4) is 11.4 Å². The summed E-state index contributed by atoms with van der Waals surface area (Å²) in [7, 11) is 0. The van der Waals surface area contributed by atoms with E-state index in [9.17, 15) is 0 Å². The van der Waals surface area contributed by atoms with Crippen LogP contribution in [-0.4, -0.2) is 19.9 Å². The predicted molar refractivity (Wildman–Crippen MR) is 98.7 cm³/mol. The van der Waals surface area contributed by atoms with Gasteiger partial charge in [-0.2, -0.15) is 0 Å². The lowest BCUT2D eigenvalue weighted by Gasteiger charge is -2.07. The van der Waals surface area contributed by atoms with Gasteiger partial charge in [0.15, 0.2) is 16.8 Å². The molecule has 0 atom stereocenters. The number of anilines is 2. The van der Waals surface area contributed by atoms with Gasteiger partial charge in [0.05, 0.1) is 5.52 Å². The third-order valence-electron chi connectivity index (χ3n) is 3.71. The highest BCUT2D eigenvalue weighted by atomic mass is 32.1. The lowest BCUT2D eigenvalue weighted by atomic mass is 10.2. The van der Waals surface area contributed by atoms with E-state index in [0.29, 0.717) is 5.82 Å². The topological polar surface area (TPSA) is 66.5 Å². The second-order valence-corrected chi connectivity index (χ2v) is 6.62. The van der Waals surface area contributed by atoms with Crippen molar-refractivity contribution in [1.29, 1.82) is 0 Å². The summed E-state index contributed by atoms with van der Waals surface area (Å²) in [4.78, 5) is 18.3. The van der Waals surface area contributed by atoms with Crippen molar-refractivity contribution in [2.24, 2.45) is 0 Å². The second kappa shape index (κ2) is 6.41. The third kappa shape index (κ3) is 2.88. The summed E-state index contributed by atoms with van der Waals surface area (Å²) in [6.45, 7) is 2.17. The Morgan fingerprint density at radius 1 is 1.12 bits per heavy atom. The number of hydrogen-bond acceptors (Lipinski definition) is 5. The Kier molecular flexibility index (Phi) is 3.96. The molecule has 0 radical (unpaired) electrons. The van der Waals surface area contributed by atoms with Crippen LogP contribution in [0.25, 0.3) is 22.4 Å². The number of fused-ring (bicyclic) bond motifs is 1. The molecular formula is C18H17N5S. The van der Waals surface area contributed by atoms with Crippen LogP contribution in [-0.2, 0) is 6.42 Å². The average Bonchev–Trinajstić information content (AvgIpc) is 3.25. The minimum Gasteiger partial charge on any atom is -0.357 e. The standard InChI is InChI=1S/C18H17N5S/c1-2-6-13-11-20-18(24-13)23-17-15-14(9-10-19-15)21-16(22-17)12-7-4-3-5-8-12/h3-5,7-11,19H,2,6H2,1H3,(H,20,21,22,23). The number of rotatable bonds is 5. The molecule has 1 aromatic carbocycles. The van der Waals surface area contributed by atoms with Gasteiger partial charge in [0.25, 0.3) is 0 Å². The van der Waals surface area contributed by atoms with Crippen LogP contribution in [0.2, 0.25) is 0 Å². The SMILES string of the molecule is CCCc1cnc(Nc2nc(-c3ccccc3)nc3cc[nH]c23)s1. The highest BCUT2D eigenvalue weighted by molar-refractivity contribution is 7.15. The Bertz CT molecular complexity index is 958. The molecule has 6 heteroatoms. The van der Waals surface area contributed by atoms with E-state index in [1.54, 1.807) is 11.3 Å². The summed E-state index contributed by atoms with van der Waals surface area (Å²) in [5, 5.41) is 4.20. The normalized spacial score (nSPS) is 11.0. The maximum Gasteiger partial charge on any atom is 0.188 e. The van der Waals surface area contributed by atoms with Crippen LogP contribution in [0.1, 0.15) is 18.2 Å². The second-order valence-electron chi connectivity index (χ2n) is 5.51. The van der Waals surface area contributed by atoms with E-state index in [0.717, 1.165) is 40.4 Å². The highest BCUT2D eigenvalue weighted by Crippen LogP contribution is 2.28. The van der Waals surface area contributed by atoms with E-state index in [1.807, 2.05) is 48.8 Å². The van der Waals surface area contributed by atoms with Gasteiger partial charge in [0, 0.05) is 22.8 Å². The summed E-state index contributed by atoms with van der Waals surface area (Å²) in [5.74, 6) is 1.46. The lowest BCUT2D eigenvalue weighted by molar-refractivity contribution is 0.936. The maximum atomic E-state index is 4.71. The monoisotopic (exact) mass is 335 g/mol. The van der Waals surface area contributed by atoms with E-state index in [1.165, 1.54) is 4.88 Å². The Morgan fingerprint density at radius 3 is 2.83 bits per heavy atom. The van der Waals surface area contributed by atoms with E-state index in [-0.39, 0.29) is 0 Å². The number of aromatic nitrogens is 4. The summed E-state index contributed by atoms with van der Waals surface area (Å²) in [6, 6.07) is 12.0. The minimum atomic E-state index is 0.704. The molecule has 24 heavy (non-hydrogen) atoms. The quantitative estimate of drug-likeness (QED) is 0.551. The third-order valence-corrected chi connectivity index (χ3v) is 4.69. The van der Waals surface area contributed by atoms with Crippen molar-refractivity contribution in [1.82, 2.24) is 19.9 Å².